The number of pyridine rings is 1. The minimum absolute atomic E-state index is 0.207. The average molecular weight is 355 g/mol. The summed E-state index contributed by atoms with van der Waals surface area (Å²) in [5.74, 6) is -0.327. The molecular formula is C20H25N3O3. The van der Waals surface area contributed by atoms with Crippen molar-refractivity contribution in [3.63, 3.8) is 0 Å². The number of esters is 1. The number of hydrogen-bond donors (Lipinski definition) is 1. The van der Waals surface area contributed by atoms with Crippen molar-refractivity contribution in [1.82, 2.24) is 10.3 Å². The van der Waals surface area contributed by atoms with Crippen LogP contribution in [0.15, 0.2) is 42.6 Å². The Balaban J connectivity index is 2.04. The number of aromatic nitrogens is 1. The van der Waals surface area contributed by atoms with Crippen molar-refractivity contribution < 1.29 is 14.3 Å². The van der Waals surface area contributed by atoms with E-state index in [9.17, 15) is 9.59 Å². The lowest BCUT2D eigenvalue weighted by molar-refractivity contribution is -0.145. The summed E-state index contributed by atoms with van der Waals surface area (Å²) in [5, 5.41) is 2.83. The molecule has 0 aliphatic heterocycles. The molecule has 0 fully saturated rings. The monoisotopic (exact) mass is 355 g/mol. The molecule has 6 heteroatoms. The number of amides is 1. The molecule has 1 aromatic carbocycles. The highest BCUT2D eigenvalue weighted by Crippen LogP contribution is 2.13. The first-order chi connectivity index (χ1) is 12.4. The van der Waals surface area contributed by atoms with Gasteiger partial charge in [0, 0.05) is 32.4 Å². The number of methoxy groups -OCH3 is 1. The van der Waals surface area contributed by atoms with Crippen LogP contribution in [0, 0.1) is 12.8 Å². The molecule has 1 aromatic heterocycles. The number of ether oxygens (including phenoxy) is 1. The summed E-state index contributed by atoms with van der Waals surface area (Å²) in [6.45, 7) is 2.22. The molecular weight excluding hydrogens is 330 g/mol. The Labute approximate surface area is 154 Å². The summed E-state index contributed by atoms with van der Waals surface area (Å²) >= 11 is 0. The van der Waals surface area contributed by atoms with Gasteiger partial charge in [-0.1, -0.05) is 29.8 Å². The van der Waals surface area contributed by atoms with Gasteiger partial charge < -0.3 is 15.0 Å². The van der Waals surface area contributed by atoms with Gasteiger partial charge in [0.15, 0.2) is 0 Å². The number of carbonyl (C=O) groups excluding carboxylic acids is 2. The summed E-state index contributed by atoms with van der Waals surface area (Å²) in [6.07, 6.45) is 2.10. The maximum Gasteiger partial charge on any atom is 0.310 e. The Bertz CT molecular complexity index is 757. The first kappa shape index (κ1) is 19.4. The first-order valence-corrected chi connectivity index (χ1v) is 8.45. The maximum atomic E-state index is 12.4. The SMILES string of the molecule is COC(=O)C(CNC(=O)c1ccnc(N(C)C)c1)Cc1ccc(C)cc1. The number of hydrogen-bond acceptors (Lipinski definition) is 5. The average Bonchev–Trinajstić information content (AvgIpc) is 2.65. The zero-order valence-electron chi connectivity index (χ0n) is 15.7. The Morgan fingerprint density at radius 2 is 1.88 bits per heavy atom. The normalized spacial score (nSPS) is 11.5. The van der Waals surface area contributed by atoms with E-state index in [0.29, 0.717) is 17.8 Å². The number of benzene rings is 1. The Morgan fingerprint density at radius 1 is 1.19 bits per heavy atom. The van der Waals surface area contributed by atoms with Crippen molar-refractivity contribution in [3.05, 3.63) is 59.3 Å². The number of rotatable bonds is 7. The first-order valence-electron chi connectivity index (χ1n) is 8.45. The number of aryl methyl sites for hydroxylation is 1. The van der Waals surface area contributed by atoms with Gasteiger partial charge in [0.1, 0.15) is 5.82 Å². The number of nitrogens with one attached hydrogen (secondary N) is 1. The molecule has 2 rings (SSSR count). The highest BCUT2D eigenvalue weighted by atomic mass is 16.5. The molecule has 0 bridgehead atoms. The zero-order valence-corrected chi connectivity index (χ0v) is 15.7. The molecule has 2 aromatic rings. The predicted molar refractivity (Wildman–Crippen MR) is 101 cm³/mol. The van der Waals surface area contributed by atoms with Crippen LogP contribution in [0.1, 0.15) is 21.5 Å². The van der Waals surface area contributed by atoms with Crippen molar-refractivity contribution in [2.45, 2.75) is 13.3 Å². The molecule has 0 spiro atoms. The molecule has 1 amide bonds. The van der Waals surface area contributed by atoms with Crippen LogP contribution in [0.5, 0.6) is 0 Å². The van der Waals surface area contributed by atoms with Crippen LogP contribution in [-0.4, -0.2) is 44.6 Å². The Morgan fingerprint density at radius 3 is 2.50 bits per heavy atom. The molecule has 1 heterocycles. The van der Waals surface area contributed by atoms with Crippen LogP contribution in [0.4, 0.5) is 5.82 Å². The van der Waals surface area contributed by atoms with Crippen LogP contribution in [0.2, 0.25) is 0 Å². The second-order valence-electron chi connectivity index (χ2n) is 6.42. The van der Waals surface area contributed by atoms with E-state index in [-0.39, 0.29) is 18.4 Å². The third kappa shape index (κ3) is 5.31. The second-order valence-corrected chi connectivity index (χ2v) is 6.42. The lowest BCUT2D eigenvalue weighted by atomic mass is 9.98. The van der Waals surface area contributed by atoms with Gasteiger partial charge in [-0.05, 0) is 31.0 Å². The van der Waals surface area contributed by atoms with Crippen LogP contribution in [-0.2, 0) is 16.0 Å². The second kappa shape index (κ2) is 8.99. The summed E-state index contributed by atoms with van der Waals surface area (Å²) in [4.78, 5) is 30.5. The van der Waals surface area contributed by atoms with Crippen LogP contribution >= 0.6 is 0 Å². The van der Waals surface area contributed by atoms with Gasteiger partial charge in [0.2, 0.25) is 0 Å². The van der Waals surface area contributed by atoms with Crippen molar-refractivity contribution in [3.8, 4) is 0 Å². The van der Waals surface area contributed by atoms with Crippen LogP contribution < -0.4 is 10.2 Å². The van der Waals surface area contributed by atoms with Gasteiger partial charge in [-0.15, -0.1) is 0 Å². The lowest BCUT2D eigenvalue weighted by Crippen LogP contribution is -2.34. The molecule has 0 saturated heterocycles. The summed E-state index contributed by atoms with van der Waals surface area (Å²) < 4.78 is 4.89. The number of nitrogens with zero attached hydrogens (tertiary/aromatic N) is 2. The minimum Gasteiger partial charge on any atom is -0.469 e. The standard InChI is InChI=1S/C20H25N3O3/c1-14-5-7-15(8-6-14)11-17(20(25)26-4)13-22-19(24)16-9-10-21-18(12-16)23(2)3/h5-10,12,17H,11,13H2,1-4H3,(H,22,24). The molecule has 0 aliphatic carbocycles. The van der Waals surface area contributed by atoms with E-state index < -0.39 is 5.92 Å². The molecule has 6 nitrogen and oxygen atoms in total. The topological polar surface area (TPSA) is 71.5 Å². The molecule has 138 valence electrons. The van der Waals surface area contributed by atoms with E-state index >= 15 is 0 Å². The van der Waals surface area contributed by atoms with Crippen molar-refractivity contribution >= 4 is 17.7 Å². The van der Waals surface area contributed by atoms with Crippen molar-refractivity contribution in [2.75, 3.05) is 32.6 Å². The zero-order chi connectivity index (χ0) is 19.1. The molecule has 0 radical (unpaired) electrons. The fourth-order valence-corrected chi connectivity index (χ4v) is 2.54. The highest BCUT2D eigenvalue weighted by molar-refractivity contribution is 5.95. The quantitative estimate of drug-likeness (QED) is 0.771. The van der Waals surface area contributed by atoms with E-state index in [4.69, 9.17) is 4.74 Å². The van der Waals surface area contributed by atoms with Gasteiger partial charge in [-0.25, -0.2) is 4.98 Å². The van der Waals surface area contributed by atoms with E-state index in [0.717, 1.165) is 11.1 Å². The molecule has 0 aliphatic rings. The molecule has 1 atom stereocenters. The summed E-state index contributed by atoms with van der Waals surface area (Å²) in [7, 11) is 5.08. The molecule has 26 heavy (non-hydrogen) atoms. The van der Waals surface area contributed by atoms with Gasteiger partial charge in [-0.3, -0.25) is 9.59 Å². The van der Waals surface area contributed by atoms with E-state index in [1.807, 2.05) is 50.2 Å². The third-order valence-electron chi connectivity index (χ3n) is 4.11. The van der Waals surface area contributed by atoms with Gasteiger partial charge in [0.05, 0.1) is 13.0 Å². The van der Waals surface area contributed by atoms with Crippen LogP contribution in [0.25, 0.3) is 0 Å². The van der Waals surface area contributed by atoms with E-state index in [1.165, 1.54) is 7.11 Å². The van der Waals surface area contributed by atoms with Gasteiger partial charge in [0.25, 0.3) is 5.91 Å². The van der Waals surface area contributed by atoms with Gasteiger partial charge in [-0.2, -0.15) is 0 Å². The van der Waals surface area contributed by atoms with Crippen LogP contribution in [0.3, 0.4) is 0 Å². The molecule has 1 unspecified atom stereocenters. The minimum atomic E-state index is -0.443. The number of anilines is 1. The summed E-state index contributed by atoms with van der Waals surface area (Å²) in [5.41, 5.74) is 2.69. The Kier molecular flexibility index (Phi) is 6.72. The number of carbonyl (C=O) groups is 2. The third-order valence-corrected chi connectivity index (χ3v) is 4.11. The summed E-state index contributed by atoms with van der Waals surface area (Å²) in [6, 6.07) is 11.3. The van der Waals surface area contributed by atoms with Gasteiger partial charge >= 0.3 is 5.97 Å². The van der Waals surface area contributed by atoms with E-state index in [2.05, 4.69) is 10.3 Å². The van der Waals surface area contributed by atoms with Crippen molar-refractivity contribution in [2.24, 2.45) is 5.92 Å². The largest absolute Gasteiger partial charge is 0.469 e. The smallest absolute Gasteiger partial charge is 0.310 e. The van der Waals surface area contributed by atoms with Crippen molar-refractivity contribution in [1.29, 1.82) is 0 Å². The fraction of sp³-hybridized carbons (Fsp3) is 0.350. The highest BCUT2D eigenvalue weighted by Gasteiger charge is 2.21. The van der Waals surface area contributed by atoms with E-state index in [1.54, 1.807) is 18.3 Å². The molecule has 1 N–H and O–H groups in total. The maximum absolute atomic E-state index is 12.4. The predicted octanol–water partition coefficient (Wildman–Crippen LogP) is 2.22. The fourth-order valence-electron chi connectivity index (χ4n) is 2.54. The molecule has 0 saturated carbocycles. The lowest BCUT2D eigenvalue weighted by Gasteiger charge is -2.16. The Hall–Kier alpha value is -2.89.